The first-order chi connectivity index (χ1) is 10.5. The van der Waals surface area contributed by atoms with Crippen LogP contribution in [0, 0.1) is 0 Å². The molecule has 0 radical (unpaired) electrons. The van der Waals surface area contributed by atoms with Crippen LogP contribution in [0.3, 0.4) is 0 Å². The van der Waals surface area contributed by atoms with E-state index < -0.39 is 21.7 Å². The maximum Gasteiger partial charge on any atom is 0.407 e. The first kappa shape index (κ1) is 20.2. The summed E-state index contributed by atoms with van der Waals surface area (Å²) in [6.45, 7) is 10.7. The largest absolute Gasteiger partial charge is 0.444 e. The fourth-order valence-electron chi connectivity index (χ4n) is 2.50. The van der Waals surface area contributed by atoms with E-state index in [0.29, 0.717) is 19.6 Å². The van der Waals surface area contributed by atoms with Crippen molar-refractivity contribution in [3.63, 3.8) is 0 Å². The number of rotatable bonds is 6. The van der Waals surface area contributed by atoms with Gasteiger partial charge in [-0.05, 0) is 47.5 Å². The Morgan fingerprint density at radius 3 is 2.35 bits per heavy atom. The highest BCUT2D eigenvalue weighted by atomic mass is 32.2. The van der Waals surface area contributed by atoms with E-state index >= 15 is 0 Å². The van der Waals surface area contributed by atoms with Crippen molar-refractivity contribution >= 4 is 16.1 Å². The molecule has 0 aromatic heterocycles. The average Bonchev–Trinajstić information content (AvgIpc) is 2.44. The van der Waals surface area contributed by atoms with Crippen molar-refractivity contribution in [1.29, 1.82) is 0 Å². The molecule has 1 heterocycles. The topological polar surface area (TPSA) is 87.7 Å². The zero-order chi connectivity index (χ0) is 17.7. The van der Waals surface area contributed by atoms with Crippen LogP contribution in [-0.2, 0) is 14.8 Å². The number of alkyl carbamates (subject to hydrolysis) is 1. The maximum atomic E-state index is 11.8. The summed E-state index contributed by atoms with van der Waals surface area (Å²) in [7, 11) is -3.08. The molecule has 1 unspecified atom stereocenters. The van der Waals surface area contributed by atoms with Gasteiger partial charge in [-0.25, -0.2) is 17.5 Å². The number of piperidine rings is 1. The lowest BCUT2D eigenvalue weighted by Crippen LogP contribution is -2.50. The summed E-state index contributed by atoms with van der Waals surface area (Å²) in [6.07, 6.45) is 1.15. The van der Waals surface area contributed by atoms with Gasteiger partial charge in [0.2, 0.25) is 10.0 Å². The quantitative estimate of drug-likeness (QED) is 0.755. The Balaban J connectivity index is 2.29. The Labute approximate surface area is 140 Å². The van der Waals surface area contributed by atoms with Gasteiger partial charge in [0.1, 0.15) is 5.60 Å². The van der Waals surface area contributed by atoms with Crippen molar-refractivity contribution < 1.29 is 17.9 Å². The molecule has 0 bridgehead atoms. The van der Waals surface area contributed by atoms with E-state index in [0.717, 1.165) is 12.8 Å². The second kappa shape index (κ2) is 8.30. The molecule has 0 saturated carbocycles. The van der Waals surface area contributed by atoms with Gasteiger partial charge in [0, 0.05) is 31.7 Å². The van der Waals surface area contributed by atoms with Crippen LogP contribution in [0.2, 0.25) is 0 Å². The fraction of sp³-hybridized carbons (Fsp3) is 0.933. The van der Waals surface area contributed by atoms with Gasteiger partial charge < -0.3 is 15.4 Å². The van der Waals surface area contributed by atoms with Crippen LogP contribution in [0.4, 0.5) is 4.79 Å². The molecule has 1 amide bonds. The normalized spacial score (nSPS) is 19.3. The zero-order valence-electron chi connectivity index (χ0n) is 14.9. The first-order valence-corrected chi connectivity index (χ1v) is 9.85. The number of carbonyl (C=O) groups excluding carboxylic acids is 1. The Bertz CT molecular complexity index is 479. The summed E-state index contributed by atoms with van der Waals surface area (Å²) >= 11 is 0. The number of nitrogens with one attached hydrogen (secondary N) is 2. The lowest BCUT2D eigenvalue weighted by atomic mass is 10.1. The number of hydrogen-bond acceptors (Lipinski definition) is 5. The maximum absolute atomic E-state index is 11.8. The van der Waals surface area contributed by atoms with E-state index in [1.165, 1.54) is 0 Å². The van der Waals surface area contributed by atoms with Crippen LogP contribution in [-0.4, -0.2) is 61.9 Å². The zero-order valence-corrected chi connectivity index (χ0v) is 15.7. The number of amides is 1. The van der Waals surface area contributed by atoms with Gasteiger partial charge in [-0.2, -0.15) is 0 Å². The Hall–Kier alpha value is -0.860. The third-order valence-electron chi connectivity index (χ3n) is 3.68. The van der Waals surface area contributed by atoms with E-state index in [1.54, 1.807) is 11.2 Å². The molecule has 2 N–H and O–H groups in total. The molecule has 1 atom stereocenters. The highest BCUT2D eigenvalue weighted by Crippen LogP contribution is 2.15. The standard InChI is InChI=1S/C15H31N3O4S/c1-6-23(20,21)18-9-7-13(8-10-18)17-12(2)11-16-14(19)22-15(3,4)5/h12-13,17H,6-11H2,1-5H3,(H,16,19). The third kappa shape index (κ3) is 7.50. The molecular formula is C15H31N3O4S. The molecule has 1 aliphatic heterocycles. The van der Waals surface area contributed by atoms with Crippen molar-refractivity contribution in [2.24, 2.45) is 0 Å². The van der Waals surface area contributed by atoms with Crippen LogP contribution in [0.1, 0.15) is 47.5 Å². The molecule has 0 spiro atoms. The van der Waals surface area contributed by atoms with E-state index in [2.05, 4.69) is 10.6 Å². The second-order valence-electron chi connectivity index (χ2n) is 7.02. The number of ether oxygens (including phenoxy) is 1. The van der Waals surface area contributed by atoms with Gasteiger partial charge >= 0.3 is 6.09 Å². The van der Waals surface area contributed by atoms with Gasteiger partial charge in [0.15, 0.2) is 0 Å². The van der Waals surface area contributed by atoms with Crippen LogP contribution in [0.15, 0.2) is 0 Å². The van der Waals surface area contributed by atoms with Crippen molar-refractivity contribution in [3.8, 4) is 0 Å². The Morgan fingerprint density at radius 1 is 1.30 bits per heavy atom. The minimum absolute atomic E-state index is 0.0989. The number of hydrogen-bond donors (Lipinski definition) is 2. The summed E-state index contributed by atoms with van der Waals surface area (Å²) in [6, 6.07) is 0.371. The summed E-state index contributed by atoms with van der Waals surface area (Å²) < 4.78 is 30.4. The Morgan fingerprint density at radius 2 is 1.87 bits per heavy atom. The fourth-order valence-corrected chi connectivity index (χ4v) is 3.63. The summed E-state index contributed by atoms with van der Waals surface area (Å²) in [5.74, 6) is 0.154. The smallest absolute Gasteiger partial charge is 0.407 e. The second-order valence-corrected chi connectivity index (χ2v) is 9.28. The molecular weight excluding hydrogens is 318 g/mol. The molecule has 1 rings (SSSR count). The third-order valence-corrected chi connectivity index (χ3v) is 5.57. The molecule has 136 valence electrons. The van der Waals surface area contributed by atoms with Crippen molar-refractivity contribution in [2.45, 2.75) is 65.1 Å². The summed E-state index contributed by atoms with van der Waals surface area (Å²) in [4.78, 5) is 11.6. The van der Waals surface area contributed by atoms with Crippen LogP contribution in [0.25, 0.3) is 0 Å². The van der Waals surface area contributed by atoms with Crippen molar-refractivity contribution in [3.05, 3.63) is 0 Å². The molecule has 1 fully saturated rings. The minimum Gasteiger partial charge on any atom is -0.444 e. The average molecular weight is 349 g/mol. The summed E-state index contributed by atoms with van der Waals surface area (Å²) in [5, 5.41) is 6.18. The van der Waals surface area contributed by atoms with Gasteiger partial charge in [-0.3, -0.25) is 0 Å². The monoisotopic (exact) mass is 349 g/mol. The van der Waals surface area contributed by atoms with E-state index in [9.17, 15) is 13.2 Å². The number of carbonyl (C=O) groups is 1. The van der Waals surface area contributed by atoms with Crippen LogP contribution >= 0.6 is 0 Å². The predicted molar refractivity (Wildman–Crippen MR) is 90.9 cm³/mol. The highest BCUT2D eigenvalue weighted by Gasteiger charge is 2.27. The van der Waals surface area contributed by atoms with Gasteiger partial charge in [-0.15, -0.1) is 0 Å². The van der Waals surface area contributed by atoms with Crippen LogP contribution < -0.4 is 10.6 Å². The molecule has 0 aromatic carbocycles. The van der Waals surface area contributed by atoms with E-state index in [-0.39, 0.29) is 17.8 Å². The predicted octanol–water partition coefficient (Wildman–Crippen LogP) is 1.30. The van der Waals surface area contributed by atoms with Gasteiger partial charge in [0.25, 0.3) is 0 Å². The lowest BCUT2D eigenvalue weighted by Gasteiger charge is -2.33. The van der Waals surface area contributed by atoms with E-state index in [1.807, 2.05) is 27.7 Å². The Kier molecular flexibility index (Phi) is 7.29. The first-order valence-electron chi connectivity index (χ1n) is 8.24. The minimum atomic E-state index is -3.08. The number of sulfonamides is 1. The van der Waals surface area contributed by atoms with Gasteiger partial charge in [-0.1, -0.05) is 0 Å². The molecule has 1 aliphatic rings. The summed E-state index contributed by atoms with van der Waals surface area (Å²) in [5.41, 5.74) is -0.502. The SMILES string of the molecule is CCS(=O)(=O)N1CCC(NC(C)CNC(=O)OC(C)(C)C)CC1. The molecule has 0 aromatic rings. The van der Waals surface area contributed by atoms with Crippen molar-refractivity contribution in [2.75, 3.05) is 25.4 Å². The number of nitrogens with zero attached hydrogens (tertiary/aromatic N) is 1. The van der Waals surface area contributed by atoms with Crippen molar-refractivity contribution in [1.82, 2.24) is 14.9 Å². The van der Waals surface area contributed by atoms with Crippen LogP contribution in [0.5, 0.6) is 0 Å². The molecule has 1 saturated heterocycles. The lowest BCUT2D eigenvalue weighted by molar-refractivity contribution is 0.0522. The molecule has 7 nitrogen and oxygen atoms in total. The molecule has 23 heavy (non-hydrogen) atoms. The van der Waals surface area contributed by atoms with Gasteiger partial charge in [0.05, 0.1) is 5.75 Å². The van der Waals surface area contributed by atoms with E-state index in [4.69, 9.17) is 4.74 Å². The molecule has 8 heteroatoms. The molecule has 0 aliphatic carbocycles. The highest BCUT2D eigenvalue weighted by molar-refractivity contribution is 7.89.